The average molecular weight is 753 g/mol. The molecule has 52 heavy (non-hydrogen) atoms. The fourth-order valence-electron chi connectivity index (χ4n) is 5.60. The lowest BCUT2D eigenvalue weighted by molar-refractivity contribution is -0.870. The van der Waals surface area contributed by atoms with Crippen molar-refractivity contribution in [3.63, 3.8) is 0 Å². The molecule has 0 saturated carbocycles. The van der Waals surface area contributed by atoms with Gasteiger partial charge in [-0.2, -0.15) is 0 Å². The number of hydrogen-bond donors (Lipinski definition) is 2. The molecule has 0 rings (SSSR count). The van der Waals surface area contributed by atoms with E-state index in [-0.39, 0.29) is 18.9 Å². The SMILES string of the molecule is CCCCCC/C=C\CCCC(=O)NC(COP(=O)([O-])OCC[N+](C)(C)C)C(O)/C=C/CC/C=C/CC/C=C/CCCCCCCCCCCCC. The van der Waals surface area contributed by atoms with E-state index in [2.05, 4.69) is 55.6 Å². The summed E-state index contributed by atoms with van der Waals surface area (Å²) in [5.74, 6) is -0.250. The maximum absolute atomic E-state index is 12.7. The van der Waals surface area contributed by atoms with Gasteiger partial charge in [0.25, 0.3) is 7.82 Å². The van der Waals surface area contributed by atoms with Crippen molar-refractivity contribution in [3.8, 4) is 0 Å². The van der Waals surface area contributed by atoms with Crippen molar-refractivity contribution in [3.05, 3.63) is 48.6 Å². The van der Waals surface area contributed by atoms with E-state index in [1.54, 1.807) is 6.08 Å². The highest BCUT2D eigenvalue weighted by atomic mass is 31.2. The average Bonchev–Trinajstić information content (AvgIpc) is 3.09. The smallest absolute Gasteiger partial charge is 0.268 e. The van der Waals surface area contributed by atoms with E-state index in [0.717, 1.165) is 38.5 Å². The largest absolute Gasteiger partial charge is 0.756 e. The van der Waals surface area contributed by atoms with Crippen LogP contribution >= 0.6 is 7.82 Å². The highest BCUT2D eigenvalue weighted by molar-refractivity contribution is 7.45. The van der Waals surface area contributed by atoms with E-state index in [9.17, 15) is 19.4 Å². The molecule has 0 aromatic heterocycles. The fraction of sp³-hybridized carbons (Fsp3) is 0.791. The molecule has 0 bridgehead atoms. The van der Waals surface area contributed by atoms with Crippen LogP contribution in [0.25, 0.3) is 0 Å². The molecular weight excluding hydrogens is 671 g/mol. The van der Waals surface area contributed by atoms with Crippen LogP contribution in [0.15, 0.2) is 48.6 Å². The summed E-state index contributed by atoms with van der Waals surface area (Å²) in [5, 5.41) is 13.7. The molecule has 0 radical (unpaired) electrons. The molecule has 0 aliphatic rings. The number of hydrogen-bond acceptors (Lipinski definition) is 6. The van der Waals surface area contributed by atoms with E-state index in [1.807, 2.05) is 27.2 Å². The van der Waals surface area contributed by atoms with Gasteiger partial charge in [0.1, 0.15) is 13.2 Å². The van der Waals surface area contributed by atoms with E-state index < -0.39 is 26.6 Å². The lowest BCUT2D eigenvalue weighted by atomic mass is 10.1. The minimum Gasteiger partial charge on any atom is -0.756 e. The van der Waals surface area contributed by atoms with Gasteiger partial charge in [0.2, 0.25) is 5.91 Å². The summed E-state index contributed by atoms with van der Waals surface area (Å²) in [6, 6.07) is -0.922. The number of unbranched alkanes of at least 4 members (excludes halogenated alkanes) is 18. The summed E-state index contributed by atoms with van der Waals surface area (Å²) in [7, 11) is 1.21. The number of aliphatic hydroxyl groups excluding tert-OH is 1. The zero-order valence-electron chi connectivity index (χ0n) is 34.2. The number of nitrogens with zero attached hydrogens (tertiary/aromatic N) is 1. The third-order valence-corrected chi connectivity index (χ3v) is 9.95. The number of carbonyl (C=O) groups excluding carboxylic acids is 1. The first-order chi connectivity index (χ1) is 25.0. The van der Waals surface area contributed by atoms with Crippen molar-refractivity contribution in [1.29, 1.82) is 0 Å². The Morgan fingerprint density at radius 2 is 1.08 bits per heavy atom. The quantitative estimate of drug-likeness (QED) is 0.0283. The molecule has 0 fully saturated rings. The molecule has 3 unspecified atom stereocenters. The van der Waals surface area contributed by atoms with Gasteiger partial charge in [0, 0.05) is 6.42 Å². The van der Waals surface area contributed by atoms with Crippen LogP contribution in [-0.4, -0.2) is 68.5 Å². The standard InChI is InChI=1S/C43H81N2O6P/c1-6-8-10-12-14-16-17-18-19-20-21-22-23-24-25-26-27-29-30-32-34-36-42(46)41(40-51-52(48,49)50-39-38-45(3,4)5)44-43(47)37-35-33-31-28-15-13-11-9-7-2/h23-24,27-29,31,34,36,41-42,46H,6-22,25-26,30,32-33,35,37-40H2,1-5H3,(H-,44,47,48,49)/b24-23+,29-27+,31-28-,36-34+. The molecule has 2 N–H and O–H groups in total. The normalized spacial score (nSPS) is 15.0. The first-order valence-electron chi connectivity index (χ1n) is 21.0. The molecule has 0 heterocycles. The minimum atomic E-state index is -4.60. The van der Waals surface area contributed by atoms with Gasteiger partial charge >= 0.3 is 0 Å². The van der Waals surface area contributed by atoms with Crippen LogP contribution in [-0.2, 0) is 18.4 Å². The number of likely N-dealkylation sites (N-methyl/N-ethyl adjacent to an activating group) is 1. The van der Waals surface area contributed by atoms with Gasteiger partial charge in [-0.1, -0.05) is 146 Å². The van der Waals surface area contributed by atoms with Crippen LogP contribution in [0.5, 0.6) is 0 Å². The fourth-order valence-corrected chi connectivity index (χ4v) is 6.32. The van der Waals surface area contributed by atoms with E-state index >= 15 is 0 Å². The molecule has 0 aromatic rings. The van der Waals surface area contributed by atoms with Gasteiger partial charge < -0.3 is 28.8 Å². The lowest BCUT2D eigenvalue weighted by Crippen LogP contribution is -2.45. The van der Waals surface area contributed by atoms with E-state index in [0.29, 0.717) is 17.4 Å². The van der Waals surface area contributed by atoms with Crippen molar-refractivity contribution in [2.45, 2.75) is 180 Å². The van der Waals surface area contributed by atoms with Crippen molar-refractivity contribution >= 4 is 13.7 Å². The highest BCUT2D eigenvalue weighted by Gasteiger charge is 2.23. The van der Waals surface area contributed by atoms with Crippen LogP contribution in [0.4, 0.5) is 0 Å². The summed E-state index contributed by atoms with van der Waals surface area (Å²) in [4.78, 5) is 25.1. The third-order valence-electron chi connectivity index (χ3n) is 8.99. The Bertz CT molecular complexity index is 991. The van der Waals surface area contributed by atoms with Gasteiger partial charge in [-0.3, -0.25) is 9.36 Å². The van der Waals surface area contributed by atoms with Crippen LogP contribution in [0, 0.1) is 0 Å². The zero-order chi connectivity index (χ0) is 38.6. The van der Waals surface area contributed by atoms with Gasteiger partial charge in [-0.25, -0.2) is 0 Å². The summed E-state index contributed by atoms with van der Waals surface area (Å²) >= 11 is 0. The van der Waals surface area contributed by atoms with Crippen LogP contribution in [0.1, 0.15) is 168 Å². The van der Waals surface area contributed by atoms with Crippen molar-refractivity contribution < 1.29 is 32.9 Å². The van der Waals surface area contributed by atoms with E-state index in [4.69, 9.17) is 9.05 Å². The molecular formula is C43H81N2O6P. The Balaban J connectivity index is 4.49. The van der Waals surface area contributed by atoms with Gasteiger partial charge in [0.05, 0.1) is 39.9 Å². The zero-order valence-corrected chi connectivity index (χ0v) is 35.1. The maximum atomic E-state index is 12.7. The molecule has 3 atom stereocenters. The summed E-state index contributed by atoms with van der Waals surface area (Å²) in [6.45, 7) is 4.53. The number of aliphatic hydroxyl groups is 1. The molecule has 8 nitrogen and oxygen atoms in total. The highest BCUT2D eigenvalue weighted by Crippen LogP contribution is 2.38. The number of rotatable bonds is 37. The van der Waals surface area contributed by atoms with Crippen LogP contribution in [0.3, 0.4) is 0 Å². The molecule has 9 heteroatoms. The van der Waals surface area contributed by atoms with Crippen LogP contribution < -0.4 is 10.2 Å². The molecule has 0 saturated heterocycles. The first-order valence-corrected chi connectivity index (χ1v) is 22.5. The lowest BCUT2D eigenvalue weighted by Gasteiger charge is -2.29. The van der Waals surface area contributed by atoms with E-state index in [1.165, 1.54) is 103 Å². The summed E-state index contributed by atoms with van der Waals surface area (Å²) < 4.78 is 23.1. The van der Waals surface area contributed by atoms with Gasteiger partial charge in [0.15, 0.2) is 0 Å². The third kappa shape index (κ3) is 36.8. The Hall–Kier alpha value is -1.54. The monoisotopic (exact) mass is 753 g/mol. The number of nitrogens with one attached hydrogen (secondary N) is 1. The number of carbonyl (C=O) groups is 1. The van der Waals surface area contributed by atoms with Crippen molar-refractivity contribution in [2.75, 3.05) is 40.9 Å². The molecule has 1 amide bonds. The number of amides is 1. The second-order valence-electron chi connectivity index (χ2n) is 15.3. The first kappa shape index (κ1) is 50.5. The molecule has 0 aliphatic heterocycles. The van der Waals surface area contributed by atoms with Gasteiger partial charge in [-0.05, 0) is 64.2 Å². The molecule has 0 aromatic carbocycles. The van der Waals surface area contributed by atoms with Gasteiger partial charge in [-0.15, -0.1) is 0 Å². The number of quaternary nitrogens is 1. The molecule has 0 aliphatic carbocycles. The number of phosphoric acid groups is 1. The van der Waals surface area contributed by atoms with Crippen molar-refractivity contribution in [2.24, 2.45) is 0 Å². The summed E-state index contributed by atoms with van der Waals surface area (Å²) in [6.07, 6.45) is 43.3. The maximum Gasteiger partial charge on any atom is 0.268 e. The predicted octanol–water partition coefficient (Wildman–Crippen LogP) is 10.7. The Kier molecular flexibility index (Phi) is 34.1. The minimum absolute atomic E-state index is 0.0148. The Morgan fingerprint density at radius 1 is 0.654 bits per heavy atom. The molecule has 0 spiro atoms. The van der Waals surface area contributed by atoms with Crippen molar-refractivity contribution in [1.82, 2.24) is 5.32 Å². The molecule has 304 valence electrons. The van der Waals surface area contributed by atoms with Crippen LogP contribution in [0.2, 0.25) is 0 Å². The predicted molar refractivity (Wildman–Crippen MR) is 219 cm³/mol. The second kappa shape index (κ2) is 35.2. The summed E-state index contributed by atoms with van der Waals surface area (Å²) in [5.41, 5.74) is 0. The second-order valence-corrected chi connectivity index (χ2v) is 16.7. The Morgan fingerprint density at radius 3 is 1.58 bits per heavy atom. The number of phosphoric ester groups is 1. The Labute approximate surface area is 320 Å². The number of allylic oxidation sites excluding steroid dienone is 7. The topological polar surface area (TPSA) is 108 Å².